The molecule has 0 unspecified atom stereocenters. The topological polar surface area (TPSA) is 70.9 Å². The Morgan fingerprint density at radius 2 is 1.96 bits per heavy atom. The van der Waals surface area contributed by atoms with Gasteiger partial charge in [0.2, 0.25) is 10.0 Å². The lowest BCUT2D eigenvalue weighted by Crippen LogP contribution is -3.15. The van der Waals surface area contributed by atoms with Crippen LogP contribution in [0.3, 0.4) is 0 Å². The summed E-state index contributed by atoms with van der Waals surface area (Å²) < 4.78 is 40.0. The largest absolute Gasteiger partial charge is 0.349 e. The zero-order valence-corrected chi connectivity index (χ0v) is 17.7. The van der Waals surface area contributed by atoms with Crippen molar-refractivity contribution in [3.05, 3.63) is 30.1 Å². The average molecular weight is 415 g/mol. The summed E-state index contributed by atoms with van der Waals surface area (Å²) in [5, 5.41) is 3.04. The van der Waals surface area contributed by atoms with E-state index in [4.69, 9.17) is 0 Å². The Kier molecular flexibility index (Phi) is 8.85. The van der Waals surface area contributed by atoms with Crippen molar-refractivity contribution in [1.29, 1.82) is 0 Å². The second kappa shape index (κ2) is 10.9. The number of hydrogen-bond acceptors (Lipinski definition) is 3. The molecular weight excluding hydrogens is 381 g/mol. The Balaban J connectivity index is 1.76. The molecule has 28 heavy (non-hydrogen) atoms. The van der Waals surface area contributed by atoms with Gasteiger partial charge in [-0.25, -0.2) is 12.8 Å². The number of nitrogens with one attached hydrogen (secondary N) is 2. The minimum Gasteiger partial charge on any atom is -0.349 e. The van der Waals surface area contributed by atoms with Gasteiger partial charge in [0, 0.05) is 6.04 Å². The lowest BCUT2D eigenvalue weighted by Gasteiger charge is -2.31. The molecule has 0 radical (unpaired) electrons. The van der Waals surface area contributed by atoms with Gasteiger partial charge in [0.25, 0.3) is 5.91 Å². The quantitative estimate of drug-likeness (QED) is 0.565. The molecule has 1 amide bonds. The summed E-state index contributed by atoms with van der Waals surface area (Å²) >= 11 is 0. The van der Waals surface area contributed by atoms with Crippen molar-refractivity contribution < 1.29 is 22.5 Å². The van der Waals surface area contributed by atoms with Crippen LogP contribution in [0, 0.1) is 5.82 Å². The number of amides is 1. The standard InChI is InChI=1S/C20H32FN3O3S/c1-3-4-5-6-8-17(2)22-20(25)16-23-11-13-24(14-12-23)28(26,27)19-10-7-9-18(21)15-19/h7,9-10,15,17H,3-6,8,11-14,16H2,1-2H3,(H,22,25)/p+1/t17-/m0/s1. The lowest BCUT2D eigenvalue weighted by atomic mass is 10.1. The van der Waals surface area contributed by atoms with Crippen molar-refractivity contribution in [3.8, 4) is 0 Å². The average Bonchev–Trinajstić information content (AvgIpc) is 2.65. The third-order valence-corrected chi connectivity index (χ3v) is 7.07. The smallest absolute Gasteiger partial charge is 0.275 e. The number of quaternary nitrogens is 1. The SMILES string of the molecule is CCCCCC[C@H](C)NC(=O)C[NH+]1CCN(S(=O)(=O)c2cccc(F)c2)CC1. The maximum atomic E-state index is 13.4. The summed E-state index contributed by atoms with van der Waals surface area (Å²) in [5.41, 5.74) is 0. The van der Waals surface area contributed by atoms with Gasteiger partial charge in [0.15, 0.2) is 6.54 Å². The van der Waals surface area contributed by atoms with Gasteiger partial charge in [-0.3, -0.25) is 4.79 Å². The van der Waals surface area contributed by atoms with E-state index in [0.29, 0.717) is 32.7 Å². The summed E-state index contributed by atoms with van der Waals surface area (Å²) in [5.74, 6) is -0.551. The number of unbranched alkanes of at least 4 members (excludes halogenated alkanes) is 3. The van der Waals surface area contributed by atoms with Crippen molar-refractivity contribution in [1.82, 2.24) is 9.62 Å². The highest BCUT2D eigenvalue weighted by Gasteiger charge is 2.31. The van der Waals surface area contributed by atoms with Crippen molar-refractivity contribution in [2.45, 2.75) is 56.9 Å². The molecule has 1 saturated heterocycles. The molecule has 0 spiro atoms. The number of halogens is 1. The van der Waals surface area contributed by atoms with Gasteiger partial charge in [-0.05, 0) is 31.5 Å². The highest BCUT2D eigenvalue weighted by atomic mass is 32.2. The van der Waals surface area contributed by atoms with Gasteiger partial charge in [0.1, 0.15) is 5.82 Å². The Hall–Kier alpha value is -1.51. The summed E-state index contributed by atoms with van der Waals surface area (Å²) in [6.07, 6.45) is 5.74. The summed E-state index contributed by atoms with van der Waals surface area (Å²) in [6, 6.07) is 5.25. The van der Waals surface area contributed by atoms with Gasteiger partial charge in [-0.1, -0.05) is 38.7 Å². The predicted octanol–water partition coefficient (Wildman–Crippen LogP) is 1.19. The Morgan fingerprint density at radius 1 is 1.25 bits per heavy atom. The molecule has 0 bridgehead atoms. The molecule has 1 atom stereocenters. The third kappa shape index (κ3) is 6.83. The first-order valence-electron chi connectivity index (χ1n) is 10.2. The van der Waals surface area contributed by atoms with Gasteiger partial charge in [-0.15, -0.1) is 0 Å². The Morgan fingerprint density at radius 3 is 2.61 bits per heavy atom. The van der Waals surface area contributed by atoms with Crippen molar-refractivity contribution in [2.24, 2.45) is 0 Å². The minimum atomic E-state index is -3.69. The van der Waals surface area contributed by atoms with E-state index in [1.807, 2.05) is 6.92 Å². The van der Waals surface area contributed by atoms with Gasteiger partial charge in [-0.2, -0.15) is 4.31 Å². The van der Waals surface area contributed by atoms with Gasteiger partial charge < -0.3 is 10.2 Å². The highest BCUT2D eigenvalue weighted by molar-refractivity contribution is 7.89. The van der Waals surface area contributed by atoms with E-state index in [-0.39, 0.29) is 16.8 Å². The number of sulfonamides is 1. The molecule has 158 valence electrons. The normalized spacial score (nSPS) is 17.4. The van der Waals surface area contributed by atoms with Gasteiger partial charge in [0.05, 0.1) is 31.1 Å². The fraction of sp³-hybridized carbons (Fsp3) is 0.650. The molecule has 2 N–H and O–H groups in total. The van der Waals surface area contributed by atoms with Crippen molar-refractivity contribution >= 4 is 15.9 Å². The second-order valence-corrected chi connectivity index (χ2v) is 9.54. The molecule has 0 aromatic heterocycles. The maximum Gasteiger partial charge on any atom is 0.275 e. The molecular formula is C20H33FN3O3S+. The summed E-state index contributed by atoms with van der Waals surface area (Å²) in [6.45, 7) is 6.34. The number of hydrogen-bond donors (Lipinski definition) is 2. The van der Waals surface area contributed by atoms with Crippen LogP contribution < -0.4 is 10.2 Å². The number of carbonyl (C=O) groups excluding carboxylic acids is 1. The van der Waals surface area contributed by atoms with E-state index in [2.05, 4.69) is 12.2 Å². The molecule has 1 aromatic carbocycles. The molecule has 1 aliphatic heterocycles. The first kappa shape index (κ1) is 22.8. The van der Waals surface area contributed by atoms with Crippen LogP contribution >= 0.6 is 0 Å². The summed E-state index contributed by atoms with van der Waals surface area (Å²) in [7, 11) is -3.69. The first-order chi connectivity index (χ1) is 13.3. The third-order valence-electron chi connectivity index (χ3n) is 5.17. The van der Waals surface area contributed by atoms with E-state index in [1.54, 1.807) is 0 Å². The zero-order valence-electron chi connectivity index (χ0n) is 16.9. The van der Waals surface area contributed by atoms with Gasteiger partial charge >= 0.3 is 0 Å². The number of nitrogens with zero attached hydrogens (tertiary/aromatic N) is 1. The Labute approximate surface area is 168 Å². The van der Waals surface area contributed by atoms with Crippen LogP contribution in [0.25, 0.3) is 0 Å². The van der Waals surface area contributed by atoms with E-state index in [1.165, 1.54) is 41.8 Å². The molecule has 1 aromatic rings. The van der Waals surface area contributed by atoms with E-state index in [0.717, 1.165) is 23.8 Å². The molecule has 6 nitrogen and oxygen atoms in total. The molecule has 8 heteroatoms. The lowest BCUT2D eigenvalue weighted by molar-refractivity contribution is -0.895. The van der Waals surface area contributed by atoms with Crippen LogP contribution in [0.4, 0.5) is 4.39 Å². The van der Waals surface area contributed by atoms with Crippen molar-refractivity contribution in [3.63, 3.8) is 0 Å². The van der Waals surface area contributed by atoms with Crippen LogP contribution in [0.1, 0.15) is 46.0 Å². The van der Waals surface area contributed by atoms with E-state index in [9.17, 15) is 17.6 Å². The number of piperazine rings is 1. The molecule has 1 heterocycles. The van der Waals surface area contributed by atoms with E-state index < -0.39 is 15.8 Å². The number of carbonyl (C=O) groups is 1. The fourth-order valence-electron chi connectivity index (χ4n) is 3.50. The minimum absolute atomic E-state index is 0.0134. The highest BCUT2D eigenvalue weighted by Crippen LogP contribution is 2.16. The van der Waals surface area contributed by atoms with Crippen LogP contribution in [0.15, 0.2) is 29.2 Å². The van der Waals surface area contributed by atoms with Crippen molar-refractivity contribution in [2.75, 3.05) is 32.7 Å². The Bertz CT molecular complexity index is 734. The predicted molar refractivity (Wildman–Crippen MR) is 107 cm³/mol. The van der Waals surface area contributed by atoms with Crippen LogP contribution in [-0.4, -0.2) is 57.4 Å². The number of rotatable bonds is 10. The number of benzene rings is 1. The second-order valence-electron chi connectivity index (χ2n) is 7.61. The van der Waals surface area contributed by atoms with Crippen LogP contribution in [0.5, 0.6) is 0 Å². The first-order valence-corrected chi connectivity index (χ1v) is 11.7. The van der Waals surface area contributed by atoms with Crippen LogP contribution in [0.2, 0.25) is 0 Å². The molecule has 0 aliphatic carbocycles. The van der Waals surface area contributed by atoms with E-state index >= 15 is 0 Å². The zero-order chi connectivity index (χ0) is 20.6. The molecule has 1 aliphatic rings. The molecule has 0 saturated carbocycles. The van der Waals surface area contributed by atoms with Crippen LogP contribution in [-0.2, 0) is 14.8 Å². The summed E-state index contributed by atoms with van der Waals surface area (Å²) in [4.78, 5) is 13.3. The molecule has 2 rings (SSSR count). The molecule has 1 fully saturated rings. The maximum absolute atomic E-state index is 13.4. The monoisotopic (exact) mass is 414 g/mol. The fourth-order valence-corrected chi connectivity index (χ4v) is 4.97.